The van der Waals surface area contributed by atoms with Gasteiger partial charge in [-0.15, -0.1) is 0 Å². The van der Waals surface area contributed by atoms with E-state index < -0.39 is 0 Å². The van der Waals surface area contributed by atoms with Crippen molar-refractivity contribution >= 4 is 16.7 Å². The summed E-state index contributed by atoms with van der Waals surface area (Å²) in [6.45, 7) is 3.87. The zero-order valence-corrected chi connectivity index (χ0v) is 11.4. The van der Waals surface area contributed by atoms with Crippen LogP contribution in [0.15, 0.2) is 36.4 Å². The number of hydrogen-bond acceptors (Lipinski definition) is 1. The van der Waals surface area contributed by atoms with Crippen molar-refractivity contribution < 1.29 is 4.79 Å². The molecular weight excluding hydrogens is 234 g/mol. The molecule has 0 spiro atoms. The van der Waals surface area contributed by atoms with Crippen LogP contribution in [0.1, 0.15) is 25.0 Å². The molecule has 3 rings (SSSR count). The summed E-state index contributed by atoms with van der Waals surface area (Å²) in [6.07, 6.45) is 1.87. The summed E-state index contributed by atoms with van der Waals surface area (Å²) in [6, 6.07) is 13.1. The molecule has 1 aliphatic carbocycles. The number of rotatable bonds is 2. The highest BCUT2D eigenvalue weighted by atomic mass is 16.1. The van der Waals surface area contributed by atoms with E-state index in [2.05, 4.69) is 41.7 Å². The Balaban J connectivity index is 1.93. The van der Waals surface area contributed by atoms with Crippen LogP contribution in [0.2, 0.25) is 0 Å². The smallest absolute Gasteiger partial charge is 0.222 e. The molecule has 1 N–H and O–H groups in total. The molecule has 2 heteroatoms. The summed E-state index contributed by atoms with van der Waals surface area (Å²) in [5.74, 6) is 0.199. The van der Waals surface area contributed by atoms with E-state index in [0.29, 0.717) is 0 Å². The predicted molar refractivity (Wildman–Crippen MR) is 78.1 cm³/mol. The molecule has 0 saturated heterocycles. The minimum atomic E-state index is 0.0490. The SMILES string of the molecule is CC(C)C(=O)NC1Cc2cccc3cccc(c23)C1. The third-order valence-corrected chi connectivity index (χ3v) is 3.88. The van der Waals surface area contributed by atoms with Crippen molar-refractivity contribution in [3.63, 3.8) is 0 Å². The van der Waals surface area contributed by atoms with E-state index in [0.717, 1.165) is 12.8 Å². The van der Waals surface area contributed by atoms with Crippen molar-refractivity contribution in [1.82, 2.24) is 5.32 Å². The lowest BCUT2D eigenvalue weighted by Gasteiger charge is -2.26. The molecule has 0 saturated carbocycles. The molecule has 1 amide bonds. The quantitative estimate of drug-likeness (QED) is 0.875. The van der Waals surface area contributed by atoms with Crippen molar-refractivity contribution in [2.45, 2.75) is 32.7 Å². The Bertz CT molecular complexity index is 589. The molecule has 0 unspecified atom stereocenters. The standard InChI is InChI=1S/C17H19NO/c1-11(2)17(19)18-15-9-13-7-3-5-12-6-4-8-14(10-15)16(12)13/h3-8,11,15H,9-10H2,1-2H3,(H,18,19). The minimum absolute atomic E-state index is 0.0490. The molecule has 0 bridgehead atoms. The molecule has 0 fully saturated rings. The van der Waals surface area contributed by atoms with E-state index in [-0.39, 0.29) is 17.9 Å². The molecule has 2 aromatic carbocycles. The summed E-state index contributed by atoms with van der Waals surface area (Å²) in [5, 5.41) is 5.86. The Labute approximate surface area is 113 Å². The van der Waals surface area contributed by atoms with Gasteiger partial charge in [0.1, 0.15) is 0 Å². The van der Waals surface area contributed by atoms with Crippen molar-refractivity contribution in [3.05, 3.63) is 47.5 Å². The lowest BCUT2D eigenvalue weighted by atomic mass is 9.85. The van der Waals surface area contributed by atoms with Crippen LogP contribution in [-0.4, -0.2) is 11.9 Å². The van der Waals surface area contributed by atoms with Crippen molar-refractivity contribution in [3.8, 4) is 0 Å². The van der Waals surface area contributed by atoms with Gasteiger partial charge in [0.2, 0.25) is 5.91 Å². The van der Waals surface area contributed by atoms with Gasteiger partial charge in [-0.1, -0.05) is 50.2 Å². The Hall–Kier alpha value is -1.83. The monoisotopic (exact) mass is 253 g/mol. The van der Waals surface area contributed by atoms with E-state index in [9.17, 15) is 4.79 Å². The molecule has 98 valence electrons. The zero-order valence-electron chi connectivity index (χ0n) is 11.4. The van der Waals surface area contributed by atoms with E-state index in [1.807, 2.05) is 13.8 Å². The van der Waals surface area contributed by atoms with Crippen LogP contribution < -0.4 is 5.32 Å². The van der Waals surface area contributed by atoms with Gasteiger partial charge >= 0.3 is 0 Å². The number of amides is 1. The van der Waals surface area contributed by atoms with Crippen LogP contribution in [0.25, 0.3) is 10.8 Å². The Morgan fingerprint density at radius 1 is 1.11 bits per heavy atom. The highest BCUT2D eigenvalue weighted by molar-refractivity contribution is 5.90. The maximum atomic E-state index is 11.9. The molecule has 2 aromatic rings. The van der Waals surface area contributed by atoms with Gasteiger partial charge in [-0.3, -0.25) is 4.79 Å². The molecule has 0 atom stereocenters. The van der Waals surface area contributed by atoms with Gasteiger partial charge in [0.25, 0.3) is 0 Å². The summed E-state index contributed by atoms with van der Waals surface area (Å²) in [7, 11) is 0. The normalized spacial score (nSPS) is 14.9. The second-order valence-electron chi connectivity index (χ2n) is 5.70. The van der Waals surface area contributed by atoms with E-state index >= 15 is 0 Å². The number of carbonyl (C=O) groups is 1. The number of nitrogens with one attached hydrogen (secondary N) is 1. The van der Waals surface area contributed by atoms with Gasteiger partial charge in [-0.2, -0.15) is 0 Å². The lowest BCUT2D eigenvalue weighted by Crippen LogP contribution is -2.41. The average Bonchev–Trinajstić information content (AvgIpc) is 2.39. The first-order chi connectivity index (χ1) is 9.15. The second-order valence-corrected chi connectivity index (χ2v) is 5.70. The second kappa shape index (κ2) is 4.69. The Kier molecular flexibility index (Phi) is 3.02. The van der Waals surface area contributed by atoms with Crippen LogP contribution in [0, 0.1) is 5.92 Å². The van der Waals surface area contributed by atoms with Gasteiger partial charge in [0, 0.05) is 12.0 Å². The molecule has 2 nitrogen and oxygen atoms in total. The largest absolute Gasteiger partial charge is 0.352 e. The first-order valence-electron chi connectivity index (χ1n) is 6.95. The predicted octanol–water partition coefficient (Wildman–Crippen LogP) is 3.08. The van der Waals surface area contributed by atoms with Crippen LogP contribution in [-0.2, 0) is 17.6 Å². The molecule has 0 heterocycles. The van der Waals surface area contributed by atoms with Crippen LogP contribution in [0.4, 0.5) is 0 Å². The van der Waals surface area contributed by atoms with Crippen LogP contribution in [0.5, 0.6) is 0 Å². The van der Waals surface area contributed by atoms with Gasteiger partial charge < -0.3 is 5.32 Å². The summed E-state index contributed by atoms with van der Waals surface area (Å²) in [4.78, 5) is 11.9. The van der Waals surface area contributed by atoms with Gasteiger partial charge in [0.15, 0.2) is 0 Å². The highest BCUT2D eigenvalue weighted by Crippen LogP contribution is 2.29. The third-order valence-electron chi connectivity index (χ3n) is 3.88. The first kappa shape index (κ1) is 12.2. The van der Waals surface area contributed by atoms with Crippen molar-refractivity contribution in [1.29, 1.82) is 0 Å². The van der Waals surface area contributed by atoms with E-state index in [1.165, 1.54) is 21.9 Å². The average molecular weight is 253 g/mol. The maximum absolute atomic E-state index is 11.9. The van der Waals surface area contributed by atoms with Crippen molar-refractivity contribution in [2.75, 3.05) is 0 Å². The summed E-state index contributed by atoms with van der Waals surface area (Å²) >= 11 is 0. The first-order valence-corrected chi connectivity index (χ1v) is 6.95. The lowest BCUT2D eigenvalue weighted by molar-refractivity contribution is -0.124. The van der Waals surface area contributed by atoms with Gasteiger partial charge in [-0.25, -0.2) is 0 Å². The highest BCUT2D eigenvalue weighted by Gasteiger charge is 2.22. The van der Waals surface area contributed by atoms with E-state index in [1.54, 1.807) is 0 Å². The Morgan fingerprint density at radius 2 is 1.68 bits per heavy atom. The third kappa shape index (κ3) is 2.23. The summed E-state index contributed by atoms with van der Waals surface area (Å²) in [5.41, 5.74) is 2.71. The van der Waals surface area contributed by atoms with Crippen LogP contribution >= 0.6 is 0 Å². The molecule has 0 aromatic heterocycles. The topological polar surface area (TPSA) is 29.1 Å². The molecule has 0 aliphatic heterocycles. The van der Waals surface area contributed by atoms with Crippen molar-refractivity contribution in [2.24, 2.45) is 5.92 Å². The number of carbonyl (C=O) groups excluding carboxylic acids is 1. The molecule has 19 heavy (non-hydrogen) atoms. The molecule has 0 radical (unpaired) electrons. The van der Waals surface area contributed by atoms with Gasteiger partial charge in [0.05, 0.1) is 0 Å². The molecule has 1 aliphatic rings. The maximum Gasteiger partial charge on any atom is 0.222 e. The Morgan fingerprint density at radius 3 is 2.21 bits per heavy atom. The fourth-order valence-corrected chi connectivity index (χ4v) is 2.91. The fraction of sp³-hybridized carbons (Fsp3) is 0.353. The van der Waals surface area contributed by atoms with E-state index in [4.69, 9.17) is 0 Å². The minimum Gasteiger partial charge on any atom is -0.352 e. The molecular formula is C17H19NO. The fourth-order valence-electron chi connectivity index (χ4n) is 2.91. The zero-order chi connectivity index (χ0) is 13.4. The number of benzene rings is 2. The number of hydrogen-bond donors (Lipinski definition) is 1. The van der Waals surface area contributed by atoms with Gasteiger partial charge in [-0.05, 0) is 34.7 Å². The summed E-state index contributed by atoms with van der Waals surface area (Å²) < 4.78 is 0. The van der Waals surface area contributed by atoms with Crippen LogP contribution in [0.3, 0.4) is 0 Å².